The van der Waals surface area contributed by atoms with Crippen LogP contribution in [0.5, 0.6) is 5.75 Å². The van der Waals surface area contributed by atoms with E-state index in [-0.39, 0.29) is 0 Å². The van der Waals surface area contributed by atoms with Crippen LogP contribution in [0.3, 0.4) is 0 Å². The molecule has 94 valence electrons. The van der Waals surface area contributed by atoms with Crippen LogP contribution < -0.4 is 10.2 Å². The number of aryl methyl sites for hydroxylation is 1. The number of carbonyl (C=O) groups is 1. The van der Waals surface area contributed by atoms with E-state index in [0.29, 0.717) is 17.0 Å². The second-order valence-corrected chi connectivity index (χ2v) is 3.88. The number of ether oxygens (including phenoxy) is 1. The first-order valence-electron chi connectivity index (χ1n) is 5.67. The normalized spacial score (nSPS) is 10.4. The van der Waals surface area contributed by atoms with E-state index < -0.39 is 5.97 Å². The fourth-order valence-corrected chi connectivity index (χ4v) is 1.83. The molecule has 0 aliphatic heterocycles. The molecule has 0 aliphatic rings. The molecule has 0 atom stereocenters. The second-order valence-electron chi connectivity index (χ2n) is 3.88. The Morgan fingerprint density at radius 3 is 2.89 bits per heavy atom. The molecule has 0 unspecified atom stereocenters. The first kappa shape index (κ1) is 12.3. The van der Waals surface area contributed by atoms with E-state index in [1.54, 1.807) is 12.1 Å². The van der Waals surface area contributed by atoms with Gasteiger partial charge in [-0.15, -0.1) is 0 Å². The van der Waals surface area contributed by atoms with E-state index in [1.807, 2.05) is 19.1 Å². The molecular weight excluding hydrogens is 232 g/mol. The topological polar surface area (TPSA) is 71.5 Å². The maximum Gasteiger partial charge on any atom is 0.308 e. The summed E-state index contributed by atoms with van der Waals surface area (Å²) in [5.74, 6) is 0.263. The van der Waals surface area contributed by atoms with Gasteiger partial charge in [-0.3, -0.25) is 15.5 Å². The number of nitrogens with zero attached hydrogens (tertiary/aromatic N) is 1. The number of hydrogen-bond donors (Lipinski definition) is 2. The molecule has 2 N–H and O–H groups in total. The number of anilines is 1. The largest absolute Gasteiger partial charge is 0.426 e. The maximum atomic E-state index is 11.1. The molecule has 0 amide bonds. The number of esters is 1. The summed E-state index contributed by atoms with van der Waals surface area (Å²) in [6.07, 6.45) is 0.752. The van der Waals surface area contributed by atoms with Gasteiger partial charge < -0.3 is 4.74 Å². The molecule has 2 aromatic rings. The lowest BCUT2D eigenvalue weighted by atomic mass is 10.1. The molecule has 1 aromatic carbocycles. The third-order valence-corrected chi connectivity index (χ3v) is 2.59. The lowest BCUT2D eigenvalue weighted by molar-refractivity contribution is -0.131. The highest BCUT2D eigenvalue weighted by atomic mass is 16.5. The van der Waals surface area contributed by atoms with Crippen LogP contribution in [0, 0.1) is 0 Å². The van der Waals surface area contributed by atoms with E-state index in [4.69, 9.17) is 9.94 Å². The van der Waals surface area contributed by atoms with Crippen molar-refractivity contribution in [2.75, 3.05) is 5.48 Å². The van der Waals surface area contributed by atoms with E-state index in [1.165, 1.54) is 6.92 Å². The van der Waals surface area contributed by atoms with E-state index in [9.17, 15) is 4.79 Å². The summed E-state index contributed by atoms with van der Waals surface area (Å²) in [5, 5.41) is 10.6. The minimum Gasteiger partial charge on any atom is -0.426 e. The molecule has 0 spiro atoms. The van der Waals surface area contributed by atoms with Crippen molar-refractivity contribution in [2.45, 2.75) is 20.3 Å². The van der Waals surface area contributed by atoms with Crippen LogP contribution in [0.4, 0.5) is 5.82 Å². The molecule has 0 aliphatic carbocycles. The Labute approximate surface area is 104 Å². The molecule has 0 saturated carbocycles. The van der Waals surface area contributed by atoms with Gasteiger partial charge in [0.05, 0.1) is 5.39 Å². The van der Waals surface area contributed by atoms with E-state index >= 15 is 0 Å². The lowest BCUT2D eigenvalue weighted by Crippen LogP contribution is -2.04. The monoisotopic (exact) mass is 246 g/mol. The van der Waals surface area contributed by atoms with Gasteiger partial charge in [0.15, 0.2) is 5.82 Å². The zero-order chi connectivity index (χ0) is 13.1. The van der Waals surface area contributed by atoms with Gasteiger partial charge in [-0.2, -0.15) is 0 Å². The average Bonchev–Trinajstić information content (AvgIpc) is 2.36. The highest BCUT2D eigenvalue weighted by Gasteiger charge is 2.11. The summed E-state index contributed by atoms with van der Waals surface area (Å²) in [7, 11) is 0. The molecule has 0 radical (unpaired) electrons. The maximum absolute atomic E-state index is 11.1. The molecule has 2 rings (SSSR count). The van der Waals surface area contributed by atoms with E-state index in [0.717, 1.165) is 17.5 Å². The lowest BCUT2D eigenvalue weighted by Gasteiger charge is -2.11. The third-order valence-electron chi connectivity index (χ3n) is 2.59. The van der Waals surface area contributed by atoms with Crippen molar-refractivity contribution < 1.29 is 14.7 Å². The number of hydrogen-bond acceptors (Lipinski definition) is 5. The van der Waals surface area contributed by atoms with Crippen LogP contribution in [-0.4, -0.2) is 16.2 Å². The highest BCUT2D eigenvalue weighted by Crippen LogP contribution is 2.31. The molecule has 5 heteroatoms. The van der Waals surface area contributed by atoms with Crippen LogP contribution in [0.15, 0.2) is 24.3 Å². The average molecular weight is 246 g/mol. The molecular formula is C13H14N2O3. The summed E-state index contributed by atoms with van der Waals surface area (Å²) >= 11 is 0. The third kappa shape index (κ3) is 2.26. The van der Waals surface area contributed by atoms with Crippen LogP contribution >= 0.6 is 0 Å². The predicted molar refractivity (Wildman–Crippen MR) is 67.8 cm³/mol. The summed E-state index contributed by atoms with van der Waals surface area (Å²) in [5.41, 5.74) is 2.90. The SMILES string of the molecule is CCc1cc2cccc(OC(C)=O)c2c(NO)n1. The number of fused-ring (bicyclic) bond motifs is 1. The number of aromatic nitrogens is 1. The Kier molecular flexibility index (Phi) is 3.43. The number of rotatable bonds is 3. The van der Waals surface area contributed by atoms with Crippen molar-refractivity contribution >= 4 is 22.6 Å². The van der Waals surface area contributed by atoms with Crippen LogP contribution in [0.25, 0.3) is 10.8 Å². The Morgan fingerprint density at radius 1 is 1.50 bits per heavy atom. The fourth-order valence-electron chi connectivity index (χ4n) is 1.83. The predicted octanol–water partition coefficient (Wildman–Crippen LogP) is 2.52. The van der Waals surface area contributed by atoms with Crippen molar-refractivity contribution in [1.82, 2.24) is 4.98 Å². The van der Waals surface area contributed by atoms with Crippen molar-refractivity contribution in [1.29, 1.82) is 0 Å². The van der Waals surface area contributed by atoms with Crippen LogP contribution in [-0.2, 0) is 11.2 Å². The van der Waals surface area contributed by atoms with Gasteiger partial charge in [0, 0.05) is 12.6 Å². The molecule has 0 fully saturated rings. The van der Waals surface area contributed by atoms with Gasteiger partial charge in [-0.25, -0.2) is 4.98 Å². The zero-order valence-electron chi connectivity index (χ0n) is 10.2. The molecule has 0 saturated heterocycles. The molecule has 1 aromatic heterocycles. The number of pyridine rings is 1. The van der Waals surface area contributed by atoms with Crippen molar-refractivity contribution in [3.05, 3.63) is 30.0 Å². The quantitative estimate of drug-likeness (QED) is 0.494. The van der Waals surface area contributed by atoms with Gasteiger partial charge >= 0.3 is 5.97 Å². The zero-order valence-corrected chi connectivity index (χ0v) is 10.2. The molecule has 0 bridgehead atoms. The number of nitrogens with one attached hydrogen (secondary N) is 1. The fraction of sp³-hybridized carbons (Fsp3) is 0.231. The summed E-state index contributed by atoms with van der Waals surface area (Å²) in [4.78, 5) is 15.3. The van der Waals surface area contributed by atoms with Gasteiger partial charge in [-0.05, 0) is 23.9 Å². The number of carbonyl (C=O) groups excluding carboxylic acids is 1. The first-order valence-corrected chi connectivity index (χ1v) is 5.67. The highest BCUT2D eigenvalue weighted by molar-refractivity contribution is 5.98. The van der Waals surface area contributed by atoms with Crippen LogP contribution in [0.1, 0.15) is 19.5 Å². The van der Waals surface area contributed by atoms with Crippen molar-refractivity contribution in [2.24, 2.45) is 0 Å². The van der Waals surface area contributed by atoms with Gasteiger partial charge in [0.25, 0.3) is 0 Å². The van der Waals surface area contributed by atoms with Gasteiger partial charge in [-0.1, -0.05) is 19.1 Å². The van der Waals surface area contributed by atoms with Gasteiger partial charge in [0.1, 0.15) is 5.75 Å². The first-order chi connectivity index (χ1) is 8.65. The Balaban J connectivity index is 2.70. The summed E-state index contributed by atoms with van der Waals surface area (Å²) < 4.78 is 5.11. The standard InChI is InChI=1S/C13H14N2O3/c1-3-10-7-9-5-4-6-11(18-8(2)16)12(9)13(14-10)15-17/h4-7,17H,3H2,1-2H3,(H,14,15). The molecule has 1 heterocycles. The molecule has 18 heavy (non-hydrogen) atoms. The Bertz CT molecular complexity index is 596. The number of benzene rings is 1. The van der Waals surface area contributed by atoms with Gasteiger partial charge in [0.2, 0.25) is 0 Å². The summed E-state index contributed by atoms with van der Waals surface area (Å²) in [6, 6.07) is 7.24. The summed E-state index contributed by atoms with van der Waals surface area (Å²) in [6.45, 7) is 3.31. The van der Waals surface area contributed by atoms with Crippen molar-refractivity contribution in [3.8, 4) is 5.75 Å². The van der Waals surface area contributed by atoms with Crippen LogP contribution in [0.2, 0.25) is 0 Å². The smallest absolute Gasteiger partial charge is 0.308 e. The Morgan fingerprint density at radius 2 is 2.28 bits per heavy atom. The second kappa shape index (κ2) is 5.01. The molecule has 5 nitrogen and oxygen atoms in total. The Hall–Kier alpha value is -2.14. The van der Waals surface area contributed by atoms with E-state index in [2.05, 4.69) is 10.5 Å². The minimum atomic E-state index is -0.411. The van der Waals surface area contributed by atoms with Crippen molar-refractivity contribution in [3.63, 3.8) is 0 Å². The minimum absolute atomic E-state index is 0.293.